The minimum absolute atomic E-state index is 1.36. The molecule has 0 saturated carbocycles. The van der Waals surface area contributed by atoms with E-state index in [2.05, 4.69) is 69.6 Å². The highest BCUT2D eigenvalue weighted by Gasteiger charge is 2.10. The van der Waals surface area contributed by atoms with Crippen LogP contribution in [0.15, 0.2) is 22.4 Å². The zero-order chi connectivity index (χ0) is 9.42. The third-order valence-corrected chi connectivity index (χ3v) is 6.75. The topological polar surface area (TPSA) is 0 Å². The Bertz CT molecular complexity index is 448. The van der Waals surface area contributed by atoms with Gasteiger partial charge in [-0.25, -0.2) is 0 Å². The van der Waals surface area contributed by atoms with E-state index in [4.69, 9.17) is 0 Å². The quantitative estimate of drug-likeness (QED) is 0.460. The van der Waals surface area contributed by atoms with Crippen LogP contribution < -0.4 is 0 Å². The van der Waals surface area contributed by atoms with Crippen LogP contribution in [0.4, 0.5) is 0 Å². The molecule has 0 bridgehead atoms. The Morgan fingerprint density at radius 2 is 2.08 bits per heavy atom. The molecule has 0 unspecified atom stereocenters. The SMILES string of the molecule is CSc1sc2cccc(I)c2c1I. The molecular formula is C9H6I2S2. The normalized spacial score (nSPS) is 11.0. The fourth-order valence-electron chi connectivity index (χ4n) is 1.18. The van der Waals surface area contributed by atoms with Crippen molar-refractivity contribution < 1.29 is 0 Å². The minimum Gasteiger partial charge on any atom is -0.128 e. The van der Waals surface area contributed by atoms with E-state index in [0.29, 0.717) is 0 Å². The number of halogens is 2. The highest BCUT2D eigenvalue weighted by atomic mass is 127. The summed E-state index contributed by atoms with van der Waals surface area (Å²) in [5, 5.41) is 1.43. The van der Waals surface area contributed by atoms with E-state index < -0.39 is 0 Å². The van der Waals surface area contributed by atoms with Crippen LogP contribution in [0.25, 0.3) is 10.1 Å². The van der Waals surface area contributed by atoms with Gasteiger partial charge in [-0.05, 0) is 63.6 Å². The Balaban J connectivity index is 2.85. The number of rotatable bonds is 1. The van der Waals surface area contributed by atoms with Crippen LogP contribution >= 0.6 is 68.3 Å². The van der Waals surface area contributed by atoms with Gasteiger partial charge in [-0.2, -0.15) is 0 Å². The highest BCUT2D eigenvalue weighted by Crippen LogP contribution is 2.39. The van der Waals surface area contributed by atoms with Gasteiger partial charge in [-0.3, -0.25) is 0 Å². The summed E-state index contributed by atoms with van der Waals surface area (Å²) in [5.41, 5.74) is 0. The first-order valence-corrected chi connectivity index (χ1v) is 7.84. The van der Waals surface area contributed by atoms with Gasteiger partial charge in [0.05, 0.1) is 4.21 Å². The van der Waals surface area contributed by atoms with Crippen LogP contribution in [0.3, 0.4) is 0 Å². The van der Waals surface area contributed by atoms with E-state index in [1.165, 1.54) is 21.4 Å². The molecule has 13 heavy (non-hydrogen) atoms. The second-order valence-corrected chi connectivity index (χ2v) is 6.89. The molecule has 1 heterocycles. The summed E-state index contributed by atoms with van der Waals surface area (Å²) in [7, 11) is 0. The summed E-state index contributed by atoms with van der Waals surface area (Å²) in [6.45, 7) is 0. The summed E-state index contributed by atoms with van der Waals surface area (Å²) in [4.78, 5) is 0. The van der Waals surface area contributed by atoms with E-state index in [1.807, 2.05) is 23.1 Å². The largest absolute Gasteiger partial charge is 0.128 e. The van der Waals surface area contributed by atoms with Gasteiger partial charge in [-0.1, -0.05) is 6.07 Å². The zero-order valence-electron chi connectivity index (χ0n) is 6.80. The standard InChI is InChI=1S/C9H6I2S2/c1-12-9-8(11)7-5(10)3-2-4-6(7)13-9/h2-4H,1H3. The summed E-state index contributed by atoms with van der Waals surface area (Å²) in [5.74, 6) is 0. The van der Waals surface area contributed by atoms with Gasteiger partial charge in [-0.15, -0.1) is 23.1 Å². The lowest BCUT2D eigenvalue weighted by molar-refractivity contribution is 1.65. The van der Waals surface area contributed by atoms with Crippen molar-refractivity contribution in [2.45, 2.75) is 4.21 Å². The van der Waals surface area contributed by atoms with Gasteiger partial charge in [0.1, 0.15) is 0 Å². The first kappa shape index (κ1) is 10.5. The van der Waals surface area contributed by atoms with Crippen molar-refractivity contribution in [3.8, 4) is 0 Å². The van der Waals surface area contributed by atoms with Gasteiger partial charge in [0, 0.05) is 17.2 Å². The van der Waals surface area contributed by atoms with Gasteiger partial charge in [0.25, 0.3) is 0 Å². The molecule has 0 saturated heterocycles. The van der Waals surface area contributed by atoms with E-state index in [1.54, 1.807) is 0 Å². The van der Waals surface area contributed by atoms with Crippen molar-refractivity contribution in [2.24, 2.45) is 0 Å². The first-order chi connectivity index (χ1) is 6.24. The predicted octanol–water partition coefficient (Wildman–Crippen LogP) is 4.83. The number of hydrogen-bond donors (Lipinski definition) is 0. The Labute approximate surface area is 113 Å². The molecule has 2 rings (SSSR count). The predicted molar refractivity (Wildman–Crippen MR) is 79.0 cm³/mol. The monoisotopic (exact) mass is 432 g/mol. The number of thioether (sulfide) groups is 1. The molecule has 0 radical (unpaired) electrons. The van der Waals surface area contributed by atoms with Gasteiger partial charge in [0.15, 0.2) is 0 Å². The van der Waals surface area contributed by atoms with Gasteiger partial charge in [0.2, 0.25) is 0 Å². The average Bonchev–Trinajstić information content (AvgIpc) is 2.44. The van der Waals surface area contributed by atoms with Crippen LogP contribution in [-0.2, 0) is 0 Å². The molecular weight excluding hydrogens is 426 g/mol. The molecule has 1 aromatic carbocycles. The molecule has 0 N–H and O–H groups in total. The first-order valence-electron chi connectivity index (χ1n) is 3.64. The Kier molecular flexibility index (Phi) is 3.43. The summed E-state index contributed by atoms with van der Waals surface area (Å²) >= 11 is 8.58. The lowest BCUT2D eigenvalue weighted by Gasteiger charge is -1.94. The van der Waals surface area contributed by atoms with Crippen molar-refractivity contribution >= 4 is 78.4 Å². The molecule has 0 fully saturated rings. The Morgan fingerprint density at radius 3 is 2.69 bits per heavy atom. The third kappa shape index (κ3) is 1.87. The van der Waals surface area contributed by atoms with Crippen LogP contribution in [-0.4, -0.2) is 6.26 Å². The molecule has 0 aliphatic carbocycles. The Morgan fingerprint density at radius 1 is 1.31 bits per heavy atom. The van der Waals surface area contributed by atoms with Crippen LogP contribution in [0.2, 0.25) is 0 Å². The maximum Gasteiger partial charge on any atom is 0.0742 e. The fraction of sp³-hybridized carbons (Fsp3) is 0.111. The molecule has 0 amide bonds. The number of thiophene rings is 1. The van der Waals surface area contributed by atoms with E-state index in [-0.39, 0.29) is 0 Å². The van der Waals surface area contributed by atoms with E-state index >= 15 is 0 Å². The van der Waals surface area contributed by atoms with Crippen LogP contribution in [0, 0.1) is 7.14 Å². The highest BCUT2D eigenvalue weighted by molar-refractivity contribution is 14.1. The molecule has 0 nitrogen and oxygen atoms in total. The van der Waals surface area contributed by atoms with Crippen molar-refractivity contribution in [3.63, 3.8) is 0 Å². The smallest absolute Gasteiger partial charge is 0.0742 e. The average molecular weight is 432 g/mol. The van der Waals surface area contributed by atoms with Gasteiger partial charge >= 0.3 is 0 Å². The zero-order valence-corrected chi connectivity index (χ0v) is 12.8. The lowest BCUT2D eigenvalue weighted by Crippen LogP contribution is -1.74. The lowest BCUT2D eigenvalue weighted by atomic mass is 10.3. The minimum atomic E-state index is 1.36. The fourth-order valence-corrected chi connectivity index (χ4v) is 6.14. The van der Waals surface area contributed by atoms with Crippen molar-refractivity contribution in [1.82, 2.24) is 0 Å². The summed E-state index contributed by atoms with van der Waals surface area (Å²) in [6.07, 6.45) is 2.14. The summed E-state index contributed by atoms with van der Waals surface area (Å²) in [6, 6.07) is 6.49. The van der Waals surface area contributed by atoms with Crippen LogP contribution in [0.5, 0.6) is 0 Å². The molecule has 2 aromatic rings. The molecule has 0 aliphatic rings. The van der Waals surface area contributed by atoms with E-state index in [9.17, 15) is 0 Å². The Hall–Kier alpha value is 0.990. The molecule has 68 valence electrons. The van der Waals surface area contributed by atoms with Crippen molar-refractivity contribution in [3.05, 3.63) is 25.3 Å². The van der Waals surface area contributed by atoms with E-state index in [0.717, 1.165) is 0 Å². The molecule has 0 spiro atoms. The van der Waals surface area contributed by atoms with Crippen LogP contribution in [0.1, 0.15) is 0 Å². The number of benzene rings is 1. The molecule has 4 heteroatoms. The van der Waals surface area contributed by atoms with Crippen molar-refractivity contribution in [1.29, 1.82) is 0 Å². The second kappa shape index (κ2) is 4.24. The molecule has 0 aliphatic heterocycles. The number of fused-ring (bicyclic) bond motifs is 1. The number of hydrogen-bond acceptors (Lipinski definition) is 2. The van der Waals surface area contributed by atoms with Gasteiger partial charge < -0.3 is 0 Å². The van der Waals surface area contributed by atoms with Crippen molar-refractivity contribution in [2.75, 3.05) is 6.26 Å². The second-order valence-electron chi connectivity index (χ2n) is 2.52. The molecule has 1 aromatic heterocycles. The maximum absolute atomic E-state index is 2.44. The maximum atomic E-state index is 2.44. The summed E-state index contributed by atoms with van der Waals surface area (Å²) < 4.78 is 5.60. The molecule has 0 atom stereocenters. The third-order valence-electron chi connectivity index (χ3n) is 1.76.